The molecule has 0 radical (unpaired) electrons. The standard InChI is InChI=1S/C19H25N3O3/c20-17(24)14-8-19(9-15(19)23)11-21-16(14)18(25)22-7-6-13(10-22)12-4-2-1-3-5-12/h1-5,13-16,21,23H,6-11H2,(H2,20,24)/t13-,14?,15?,16?,19?/m1/s1. The van der Waals surface area contributed by atoms with Crippen molar-refractivity contribution in [3.8, 4) is 0 Å². The molecule has 134 valence electrons. The zero-order valence-corrected chi connectivity index (χ0v) is 14.2. The molecule has 0 bridgehead atoms. The van der Waals surface area contributed by atoms with Crippen LogP contribution in [0.5, 0.6) is 0 Å². The second kappa shape index (κ2) is 6.11. The van der Waals surface area contributed by atoms with Crippen LogP contribution in [0.25, 0.3) is 0 Å². The van der Waals surface area contributed by atoms with Gasteiger partial charge in [-0.05, 0) is 24.8 Å². The number of likely N-dealkylation sites (tertiary alicyclic amines) is 1. The predicted molar refractivity (Wildman–Crippen MR) is 92.5 cm³/mol. The molecule has 1 aromatic rings. The van der Waals surface area contributed by atoms with Crippen molar-refractivity contribution in [2.75, 3.05) is 19.6 Å². The summed E-state index contributed by atoms with van der Waals surface area (Å²) in [6, 6.07) is 9.67. The van der Waals surface area contributed by atoms with Crippen LogP contribution in [-0.2, 0) is 9.59 Å². The van der Waals surface area contributed by atoms with Gasteiger partial charge in [0.2, 0.25) is 11.8 Å². The summed E-state index contributed by atoms with van der Waals surface area (Å²) in [5.74, 6) is -0.693. The van der Waals surface area contributed by atoms with Crippen LogP contribution in [0.2, 0.25) is 0 Å². The molecule has 2 amide bonds. The number of nitrogens with one attached hydrogen (secondary N) is 1. The van der Waals surface area contributed by atoms with Crippen molar-refractivity contribution >= 4 is 11.8 Å². The SMILES string of the molecule is NC(=O)C1CC2(CNC1C(=O)N1CC[C@@H](c3ccccc3)C1)CC2O. The van der Waals surface area contributed by atoms with Crippen molar-refractivity contribution in [3.63, 3.8) is 0 Å². The molecule has 2 heterocycles. The highest BCUT2D eigenvalue weighted by Gasteiger charge is 2.59. The largest absolute Gasteiger partial charge is 0.392 e. The number of amides is 2. The Kier molecular flexibility index (Phi) is 4.04. The lowest BCUT2D eigenvalue weighted by atomic mass is 9.81. The first-order valence-electron chi connectivity index (χ1n) is 9.05. The molecule has 25 heavy (non-hydrogen) atoms. The number of piperidine rings is 1. The third-order valence-corrected chi connectivity index (χ3v) is 6.25. The third-order valence-electron chi connectivity index (χ3n) is 6.25. The highest BCUT2D eigenvalue weighted by atomic mass is 16.3. The minimum Gasteiger partial charge on any atom is -0.392 e. The summed E-state index contributed by atoms with van der Waals surface area (Å²) >= 11 is 0. The molecular weight excluding hydrogens is 318 g/mol. The lowest BCUT2D eigenvalue weighted by Crippen LogP contribution is -2.58. The van der Waals surface area contributed by atoms with Crippen molar-refractivity contribution < 1.29 is 14.7 Å². The normalized spacial score (nSPS) is 37.2. The highest BCUT2D eigenvalue weighted by molar-refractivity contribution is 5.90. The number of carbonyl (C=O) groups excluding carboxylic acids is 2. The molecule has 5 atom stereocenters. The molecule has 1 aromatic carbocycles. The number of rotatable bonds is 3. The van der Waals surface area contributed by atoms with Gasteiger partial charge in [-0.1, -0.05) is 30.3 Å². The molecule has 2 aliphatic heterocycles. The van der Waals surface area contributed by atoms with E-state index in [1.54, 1.807) is 0 Å². The van der Waals surface area contributed by atoms with Gasteiger partial charge in [-0.3, -0.25) is 9.59 Å². The highest BCUT2D eigenvalue weighted by Crippen LogP contribution is 2.52. The Morgan fingerprint density at radius 1 is 1.24 bits per heavy atom. The summed E-state index contributed by atoms with van der Waals surface area (Å²) in [7, 11) is 0. The van der Waals surface area contributed by atoms with Crippen molar-refractivity contribution in [2.24, 2.45) is 17.1 Å². The van der Waals surface area contributed by atoms with Crippen LogP contribution in [0.4, 0.5) is 0 Å². The quantitative estimate of drug-likeness (QED) is 0.731. The maximum Gasteiger partial charge on any atom is 0.240 e. The number of aliphatic hydroxyl groups is 1. The van der Waals surface area contributed by atoms with Gasteiger partial charge in [-0.2, -0.15) is 0 Å². The molecule has 1 aliphatic carbocycles. The fourth-order valence-corrected chi connectivity index (χ4v) is 4.50. The molecule has 6 heteroatoms. The lowest BCUT2D eigenvalue weighted by Gasteiger charge is -2.37. The van der Waals surface area contributed by atoms with E-state index in [0.717, 1.165) is 6.42 Å². The van der Waals surface area contributed by atoms with Crippen molar-refractivity contribution in [2.45, 2.75) is 37.3 Å². The van der Waals surface area contributed by atoms with Crippen molar-refractivity contribution in [1.29, 1.82) is 0 Å². The molecule has 1 saturated carbocycles. The molecule has 4 N–H and O–H groups in total. The topological polar surface area (TPSA) is 95.7 Å². The maximum absolute atomic E-state index is 13.0. The lowest BCUT2D eigenvalue weighted by molar-refractivity contribution is -0.139. The molecule has 1 spiro atoms. The number of benzene rings is 1. The Morgan fingerprint density at radius 2 is 1.96 bits per heavy atom. The van der Waals surface area contributed by atoms with E-state index in [0.29, 0.717) is 38.4 Å². The van der Waals surface area contributed by atoms with Crippen LogP contribution in [0.3, 0.4) is 0 Å². The van der Waals surface area contributed by atoms with Gasteiger partial charge in [0, 0.05) is 31.0 Å². The fraction of sp³-hybridized carbons (Fsp3) is 0.579. The molecule has 3 aliphatic rings. The molecular formula is C19H25N3O3. The van der Waals surface area contributed by atoms with E-state index in [1.165, 1.54) is 5.56 Å². The summed E-state index contributed by atoms with van der Waals surface area (Å²) in [6.07, 6.45) is 1.74. The predicted octanol–water partition coefficient (Wildman–Crippen LogP) is 0.217. The number of nitrogens with two attached hydrogens (primary N) is 1. The van der Waals surface area contributed by atoms with Gasteiger partial charge >= 0.3 is 0 Å². The maximum atomic E-state index is 13.0. The second-order valence-corrected chi connectivity index (χ2v) is 7.83. The zero-order valence-electron chi connectivity index (χ0n) is 14.2. The van der Waals surface area contributed by atoms with Gasteiger partial charge in [-0.15, -0.1) is 0 Å². The van der Waals surface area contributed by atoms with Crippen LogP contribution in [0.15, 0.2) is 30.3 Å². The van der Waals surface area contributed by atoms with Gasteiger partial charge in [0.25, 0.3) is 0 Å². The molecule has 0 aromatic heterocycles. The zero-order chi connectivity index (χ0) is 17.6. The monoisotopic (exact) mass is 343 g/mol. The van der Waals surface area contributed by atoms with E-state index in [9.17, 15) is 14.7 Å². The molecule has 2 saturated heterocycles. The fourth-order valence-electron chi connectivity index (χ4n) is 4.50. The summed E-state index contributed by atoms with van der Waals surface area (Å²) in [4.78, 5) is 26.8. The van der Waals surface area contributed by atoms with Crippen molar-refractivity contribution in [3.05, 3.63) is 35.9 Å². The van der Waals surface area contributed by atoms with E-state index in [4.69, 9.17) is 5.73 Å². The number of nitrogens with zero attached hydrogens (tertiary/aromatic N) is 1. The Bertz CT molecular complexity index is 680. The van der Waals surface area contributed by atoms with Crippen molar-refractivity contribution in [1.82, 2.24) is 10.2 Å². The van der Waals surface area contributed by atoms with E-state index < -0.39 is 17.9 Å². The number of carbonyl (C=O) groups is 2. The first-order chi connectivity index (χ1) is 12.0. The van der Waals surface area contributed by atoms with Gasteiger partial charge in [-0.25, -0.2) is 0 Å². The Balaban J connectivity index is 1.44. The van der Waals surface area contributed by atoms with E-state index in [2.05, 4.69) is 17.4 Å². The third kappa shape index (κ3) is 2.93. The summed E-state index contributed by atoms with van der Waals surface area (Å²) in [5, 5.41) is 13.1. The van der Waals surface area contributed by atoms with Crippen LogP contribution in [0.1, 0.15) is 30.7 Å². The first kappa shape index (κ1) is 16.5. The molecule has 4 unspecified atom stereocenters. The minimum absolute atomic E-state index is 0.0350. The minimum atomic E-state index is -0.564. The Hall–Kier alpha value is -1.92. The number of primary amides is 1. The number of hydrogen-bond donors (Lipinski definition) is 3. The van der Waals surface area contributed by atoms with Crippen LogP contribution < -0.4 is 11.1 Å². The molecule has 4 rings (SSSR count). The van der Waals surface area contributed by atoms with E-state index in [1.807, 2.05) is 23.1 Å². The number of aliphatic hydroxyl groups excluding tert-OH is 1. The second-order valence-electron chi connectivity index (χ2n) is 7.83. The average molecular weight is 343 g/mol. The average Bonchev–Trinajstić information content (AvgIpc) is 3.02. The molecule has 3 fully saturated rings. The van der Waals surface area contributed by atoms with E-state index in [-0.39, 0.29) is 17.4 Å². The van der Waals surface area contributed by atoms with Gasteiger partial charge < -0.3 is 21.1 Å². The first-order valence-corrected chi connectivity index (χ1v) is 9.05. The molecule has 6 nitrogen and oxygen atoms in total. The number of hydrogen-bond acceptors (Lipinski definition) is 4. The summed E-state index contributed by atoms with van der Waals surface area (Å²) < 4.78 is 0. The Morgan fingerprint density at radius 3 is 2.60 bits per heavy atom. The summed E-state index contributed by atoms with van der Waals surface area (Å²) in [6.45, 7) is 1.96. The van der Waals surface area contributed by atoms with Gasteiger partial charge in [0.15, 0.2) is 0 Å². The van der Waals surface area contributed by atoms with Crippen LogP contribution >= 0.6 is 0 Å². The van der Waals surface area contributed by atoms with Crippen LogP contribution in [-0.4, -0.2) is 53.6 Å². The van der Waals surface area contributed by atoms with Crippen LogP contribution in [0, 0.1) is 11.3 Å². The Labute approximate surface area is 147 Å². The summed E-state index contributed by atoms with van der Waals surface area (Å²) in [5.41, 5.74) is 6.57. The van der Waals surface area contributed by atoms with Gasteiger partial charge in [0.05, 0.1) is 18.1 Å². The smallest absolute Gasteiger partial charge is 0.240 e. The van der Waals surface area contributed by atoms with Gasteiger partial charge in [0.1, 0.15) is 0 Å². The van der Waals surface area contributed by atoms with E-state index >= 15 is 0 Å².